The van der Waals surface area contributed by atoms with E-state index in [0.29, 0.717) is 31.7 Å². The van der Waals surface area contributed by atoms with Gasteiger partial charge >= 0.3 is 6.09 Å². The lowest BCUT2D eigenvalue weighted by Crippen LogP contribution is -2.49. The predicted molar refractivity (Wildman–Crippen MR) is 80.5 cm³/mol. The summed E-state index contributed by atoms with van der Waals surface area (Å²) < 4.78 is 4.89. The molecular weight excluding hydrogens is 284 g/mol. The van der Waals surface area contributed by atoms with Gasteiger partial charge in [0.15, 0.2) is 0 Å². The summed E-state index contributed by atoms with van der Waals surface area (Å²) in [6, 6.07) is -0.0774. The predicted octanol–water partition coefficient (Wildman–Crippen LogP) is 1.39. The lowest BCUT2D eigenvalue weighted by atomic mass is 10.0. The van der Waals surface area contributed by atoms with E-state index in [0.717, 1.165) is 18.5 Å². The molecule has 1 N–H and O–H groups in total. The molecule has 1 aliphatic rings. The van der Waals surface area contributed by atoms with Crippen LogP contribution in [0.1, 0.15) is 42.7 Å². The summed E-state index contributed by atoms with van der Waals surface area (Å²) in [6.07, 6.45) is 4.96. The highest BCUT2D eigenvalue weighted by Crippen LogP contribution is 2.15. The zero-order valence-corrected chi connectivity index (χ0v) is 13.0. The number of carbonyl (C=O) groups is 2. The van der Waals surface area contributed by atoms with Gasteiger partial charge in [-0.15, -0.1) is 0 Å². The second-order valence-corrected chi connectivity index (χ2v) is 5.19. The molecule has 1 aromatic rings. The Bertz CT molecular complexity index is 535. The fourth-order valence-electron chi connectivity index (χ4n) is 2.60. The van der Waals surface area contributed by atoms with E-state index < -0.39 is 6.09 Å². The van der Waals surface area contributed by atoms with Crippen molar-refractivity contribution < 1.29 is 14.3 Å². The van der Waals surface area contributed by atoms with Crippen molar-refractivity contribution >= 4 is 12.0 Å². The molecule has 2 amide bonds. The molecule has 0 aromatic carbocycles. The molecule has 0 bridgehead atoms. The average Bonchev–Trinajstić information content (AvgIpc) is 2.54. The quantitative estimate of drug-likeness (QED) is 0.908. The number of alkyl carbamates (subject to hydrolysis) is 1. The first-order valence-electron chi connectivity index (χ1n) is 7.67. The molecule has 120 valence electrons. The standard InChI is InChI=1S/C15H22N4O3/c1-3-13-12(8-16-10-17-13)14(20)19-7-5-6-11(9-19)18-15(21)22-4-2/h8,10-11H,3-7,9H2,1-2H3,(H,18,21). The largest absolute Gasteiger partial charge is 0.450 e. The van der Waals surface area contributed by atoms with Gasteiger partial charge in [-0.3, -0.25) is 4.79 Å². The van der Waals surface area contributed by atoms with Crippen LogP contribution >= 0.6 is 0 Å². The number of nitrogens with zero attached hydrogens (tertiary/aromatic N) is 3. The van der Waals surface area contributed by atoms with Gasteiger partial charge in [-0.05, 0) is 26.2 Å². The Morgan fingerprint density at radius 3 is 3.00 bits per heavy atom. The lowest BCUT2D eigenvalue weighted by Gasteiger charge is -2.33. The minimum atomic E-state index is -0.431. The number of likely N-dealkylation sites (tertiary alicyclic amines) is 1. The molecule has 1 fully saturated rings. The highest BCUT2D eigenvalue weighted by Gasteiger charge is 2.27. The number of rotatable bonds is 4. The zero-order valence-electron chi connectivity index (χ0n) is 13.0. The number of aryl methyl sites for hydroxylation is 1. The number of aromatic nitrogens is 2. The molecule has 1 aliphatic heterocycles. The van der Waals surface area contributed by atoms with Crippen LogP contribution in [0, 0.1) is 0 Å². The average molecular weight is 306 g/mol. The number of hydrogen-bond donors (Lipinski definition) is 1. The summed E-state index contributed by atoms with van der Waals surface area (Å²) in [5.74, 6) is -0.0761. The van der Waals surface area contributed by atoms with Crippen molar-refractivity contribution in [3.8, 4) is 0 Å². The molecule has 2 heterocycles. The first kappa shape index (κ1) is 16.2. The maximum Gasteiger partial charge on any atom is 0.407 e. The maximum atomic E-state index is 12.6. The van der Waals surface area contributed by atoms with Gasteiger partial charge in [-0.1, -0.05) is 6.92 Å². The van der Waals surface area contributed by atoms with E-state index in [1.807, 2.05) is 6.92 Å². The van der Waals surface area contributed by atoms with Gasteiger partial charge in [0, 0.05) is 25.3 Å². The number of nitrogens with one attached hydrogen (secondary N) is 1. The highest BCUT2D eigenvalue weighted by molar-refractivity contribution is 5.95. The van der Waals surface area contributed by atoms with Crippen LogP contribution in [0.2, 0.25) is 0 Å². The fourth-order valence-corrected chi connectivity index (χ4v) is 2.60. The smallest absolute Gasteiger partial charge is 0.407 e. The SMILES string of the molecule is CCOC(=O)NC1CCCN(C(=O)c2cncnc2CC)C1. The number of ether oxygens (including phenoxy) is 1. The van der Waals surface area contributed by atoms with Gasteiger partial charge in [-0.2, -0.15) is 0 Å². The monoisotopic (exact) mass is 306 g/mol. The van der Waals surface area contributed by atoms with Crippen LogP contribution < -0.4 is 5.32 Å². The summed E-state index contributed by atoms with van der Waals surface area (Å²) >= 11 is 0. The Morgan fingerprint density at radius 1 is 1.45 bits per heavy atom. The first-order chi connectivity index (χ1) is 10.7. The van der Waals surface area contributed by atoms with Crippen molar-refractivity contribution in [1.82, 2.24) is 20.2 Å². The van der Waals surface area contributed by atoms with Crippen LogP contribution in [0.4, 0.5) is 4.79 Å². The fraction of sp³-hybridized carbons (Fsp3) is 0.600. The topological polar surface area (TPSA) is 84.4 Å². The summed E-state index contributed by atoms with van der Waals surface area (Å²) in [5.41, 5.74) is 1.29. The van der Waals surface area contributed by atoms with Crippen molar-refractivity contribution in [2.75, 3.05) is 19.7 Å². The van der Waals surface area contributed by atoms with Gasteiger partial charge in [0.1, 0.15) is 6.33 Å². The van der Waals surface area contributed by atoms with Crippen LogP contribution in [-0.4, -0.2) is 52.6 Å². The molecule has 7 heteroatoms. The van der Waals surface area contributed by atoms with Gasteiger partial charge in [-0.25, -0.2) is 14.8 Å². The van der Waals surface area contributed by atoms with Gasteiger partial charge in [0.05, 0.1) is 17.9 Å². The summed E-state index contributed by atoms with van der Waals surface area (Å²) in [7, 11) is 0. The maximum absolute atomic E-state index is 12.6. The van der Waals surface area contributed by atoms with E-state index in [1.165, 1.54) is 6.33 Å². The van der Waals surface area contributed by atoms with E-state index >= 15 is 0 Å². The zero-order chi connectivity index (χ0) is 15.9. The van der Waals surface area contributed by atoms with Crippen molar-refractivity contribution in [2.24, 2.45) is 0 Å². The molecule has 1 saturated heterocycles. The minimum absolute atomic E-state index is 0.0761. The Kier molecular flexibility index (Phi) is 5.68. The lowest BCUT2D eigenvalue weighted by molar-refractivity contribution is 0.0684. The van der Waals surface area contributed by atoms with E-state index in [1.54, 1.807) is 18.0 Å². The first-order valence-corrected chi connectivity index (χ1v) is 7.67. The molecule has 1 unspecified atom stereocenters. The Labute approximate surface area is 130 Å². The number of piperidine rings is 1. The molecular formula is C15H22N4O3. The van der Waals surface area contributed by atoms with E-state index in [9.17, 15) is 9.59 Å². The number of hydrogen-bond acceptors (Lipinski definition) is 5. The third-order valence-corrected chi connectivity index (χ3v) is 3.67. The molecule has 1 atom stereocenters. The second-order valence-electron chi connectivity index (χ2n) is 5.19. The molecule has 0 spiro atoms. The van der Waals surface area contributed by atoms with Crippen LogP contribution in [-0.2, 0) is 11.2 Å². The molecule has 0 aliphatic carbocycles. The van der Waals surface area contributed by atoms with Gasteiger partial charge in [0.2, 0.25) is 0 Å². The summed E-state index contributed by atoms with van der Waals surface area (Å²) in [4.78, 5) is 34.0. The normalized spacial score (nSPS) is 17.9. The minimum Gasteiger partial charge on any atom is -0.450 e. The van der Waals surface area contributed by atoms with Crippen LogP contribution in [0.15, 0.2) is 12.5 Å². The molecule has 2 rings (SSSR count). The summed E-state index contributed by atoms with van der Waals surface area (Å²) in [6.45, 7) is 5.22. The molecule has 1 aromatic heterocycles. The van der Waals surface area contributed by atoms with Crippen LogP contribution in [0.3, 0.4) is 0 Å². The van der Waals surface area contributed by atoms with Crippen LogP contribution in [0.25, 0.3) is 0 Å². The molecule has 7 nitrogen and oxygen atoms in total. The van der Waals surface area contributed by atoms with Crippen molar-refractivity contribution in [3.63, 3.8) is 0 Å². The van der Waals surface area contributed by atoms with Crippen molar-refractivity contribution in [2.45, 2.75) is 39.2 Å². The Hall–Kier alpha value is -2.18. The molecule has 0 radical (unpaired) electrons. The van der Waals surface area contributed by atoms with E-state index in [4.69, 9.17) is 4.74 Å². The molecule has 0 saturated carbocycles. The van der Waals surface area contributed by atoms with Gasteiger partial charge in [0.25, 0.3) is 5.91 Å². The van der Waals surface area contributed by atoms with E-state index in [2.05, 4.69) is 15.3 Å². The van der Waals surface area contributed by atoms with Crippen LogP contribution in [0.5, 0.6) is 0 Å². The van der Waals surface area contributed by atoms with Gasteiger partial charge < -0.3 is 15.0 Å². The van der Waals surface area contributed by atoms with E-state index in [-0.39, 0.29) is 11.9 Å². The van der Waals surface area contributed by atoms with Crippen molar-refractivity contribution in [3.05, 3.63) is 23.8 Å². The third-order valence-electron chi connectivity index (χ3n) is 3.67. The number of amides is 2. The van der Waals surface area contributed by atoms with Crippen molar-refractivity contribution in [1.29, 1.82) is 0 Å². The number of carbonyl (C=O) groups excluding carboxylic acids is 2. The Balaban J connectivity index is 2.02. The summed E-state index contributed by atoms with van der Waals surface area (Å²) in [5, 5.41) is 2.80. The second kappa shape index (κ2) is 7.72. The third kappa shape index (κ3) is 3.93. The molecule has 22 heavy (non-hydrogen) atoms. The highest BCUT2D eigenvalue weighted by atomic mass is 16.5. The Morgan fingerprint density at radius 2 is 2.27 bits per heavy atom.